The van der Waals surface area contributed by atoms with Crippen LogP contribution in [0.5, 0.6) is 0 Å². The normalized spacial score (nSPS) is 16.9. The van der Waals surface area contributed by atoms with Crippen LogP contribution < -0.4 is 0 Å². The summed E-state index contributed by atoms with van der Waals surface area (Å²) in [6.45, 7) is 8.92. The average Bonchev–Trinajstić information content (AvgIpc) is 3.09. The maximum Gasteiger partial charge on any atom is 0.107 e. The van der Waals surface area contributed by atoms with Crippen molar-refractivity contribution in [3.63, 3.8) is 0 Å². The lowest BCUT2D eigenvalue weighted by Gasteiger charge is -2.17. The van der Waals surface area contributed by atoms with Gasteiger partial charge in [0.05, 0.1) is 6.07 Å². The van der Waals surface area contributed by atoms with E-state index < -0.39 is 0 Å². The van der Waals surface area contributed by atoms with Crippen LogP contribution in [-0.2, 0) is 0 Å². The molecule has 1 aromatic carbocycles. The zero-order chi connectivity index (χ0) is 13.3. The first-order chi connectivity index (χ1) is 8.47. The van der Waals surface area contributed by atoms with Crippen LogP contribution in [0.4, 0.5) is 0 Å². The van der Waals surface area contributed by atoms with Gasteiger partial charge >= 0.3 is 0 Å². The first-order valence-electron chi connectivity index (χ1n) is 6.71. The van der Waals surface area contributed by atoms with Crippen LogP contribution in [0.25, 0.3) is 0 Å². The number of rotatable bonds is 4. The van der Waals surface area contributed by atoms with Gasteiger partial charge in [-0.2, -0.15) is 5.26 Å². The molecule has 1 saturated carbocycles. The smallest absolute Gasteiger partial charge is 0.107 e. The predicted molar refractivity (Wildman–Crippen MR) is 78.1 cm³/mol. The van der Waals surface area contributed by atoms with Gasteiger partial charge in [-0.1, -0.05) is 39.8 Å². The highest BCUT2D eigenvalue weighted by Gasteiger charge is 2.44. The highest BCUT2D eigenvalue weighted by molar-refractivity contribution is 8.01. The summed E-state index contributed by atoms with van der Waals surface area (Å²) in [5.41, 5.74) is 2.79. The van der Waals surface area contributed by atoms with Gasteiger partial charge in [0.15, 0.2) is 0 Å². The first-order valence-corrected chi connectivity index (χ1v) is 7.53. The van der Waals surface area contributed by atoms with Crippen LogP contribution in [0.15, 0.2) is 23.1 Å². The van der Waals surface area contributed by atoms with Gasteiger partial charge < -0.3 is 0 Å². The Balaban J connectivity index is 2.32. The summed E-state index contributed by atoms with van der Waals surface area (Å²) in [4.78, 5) is 1.30. The second-order valence-electron chi connectivity index (χ2n) is 5.81. The average molecular weight is 259 g/mol. The van der Waals surface area contributed by atoms with Crippen molar-refractivity contribution in [1.29, 1.82) is 5.26 Å². The van der Waals surface area contributed by atoms with Gasteiger partial charge in [-0.05, 0) is 41.9 Å². The van der Waals surface area contributed by atoms with E-state index in [-0.39, 0.29) is 4.75 Å². The topological polar surface area (TPSA) is 23.8 Å². The molecular formula is C16H21NS. The van der Waals surface area contributed by atoms with Gasteiger partial charge in [0.2, 0.25) is 0 Å². The van der Waals surface area contributed by atoms with Gasteiger partial charge in [-0.25, -0.2) is 0 Å². The molecule has 0 spiro atoms. The van der Waals surface area contributed by atoms with E-state index in [1.807, 2.05) is 0 Å². The summed E-state index contributed by atoms with van der Waals surface area (Å²) in [5, 5.41) is 9.22. The van der Waals surface area contributed by atoms with Crippen LogP contribution in [0.1, 0.15) is 63.5 Å². The molecule has 0 radical (unpaired) electrons. The third-order valence-electron chi connectivity index (χ3n) is 3.54. The van der Waals surface area contributed by atoms with Crippen LogP contribution in [0.3, 0.4) is 0 Å². The van der Waals surface area contributed by atoms with E-state index >= 15 is 0 Å². The molecule has 0 amide bonds. The standard InChI is InChI=1S/C16H21NS/c1-11(2)13-5-6-15(14(9-13)12(3)4)18-16(10-17)7-8-16/h5-6,9,11-12H,7-8H2,1-4H3. The monoisotopic (exact) mass is 259 g/mol. The molecule has 18 heavy (non-hydrogen) atoms. The molecule has 0 unspecified atom stereocenters. The lowest BCUT2D eigenvalue weighted by Crippen LogP contribution is -2.01. The highest BCUT2D eigenvalue weighted by Crippen LogP contribution is 2.52. The zero-order valence-electron chi connectivity index (χ0n) is 11.7. The van der Waals surface area contributed by atoms with Crippen molar-refractivity contribution < 1.29 is 0 Å². The predicted octanol–water partition coefficient (Wildman–Crippen LogP) is 5.08. The molecule has 2 rings (SSSR count). The van der Waals surface area contributed by atoms with Crippen LogP contribution >= 0.6 is 11.8 Å². The van der Waals surface area contributed by atoms with Gasteiger partial charge in [-0.3, -0.25) is 0 Å². The largest absolute Gasteiger partial charge is 0.197 e. The Morgan fingerprint density at radius 1 is 1.17 bits per heavy atom. The molecule has 0 N–H and O–H groups in total. The van der Waals surface area contributed by atoms with Crippen LogP contribution in [0.2, 0.25) is 0 Å². The molecule has 1 aliphatic carbocycles. The minimum atomic E-state index is -0.122. The van der Waals surface area contributed by atoms with Crippen molar-refractivity contribution in [2.75, 3.05) is 0 Å². The summed E-state index contributed by atoms with van der Waals surface area (Å²) in [6, 6.07) is 9.22. The molecule has 1 aliphatic rings. The van der Waals surface area contributed by atoms with Crippen molar-refractivity contribution in [1.82, 2.24) is 0 Å². The molecule has 0 heterocycles. The lowest BCUT2D eigenvalue weighted by molar-refractivity contribution is 0.815. The van der Waals surface area contributed by atoms with Crippen molar-refractivity contribution in [3.05, 3.63) is 29.3 Å². The van der Waals surface area contributed by atoms with Gasteiger partial charge in [0, 0.05) is 4.90 Å². The molecule has 0 aromatic heterocycles. The third-order valence-corrected chi connectivity index (χ3v) is 5.02. The summed E-state index contributed by atoms with van der Waals surface area (Å²) in [5.74, 6) is 1.08. The molecule has 0 saturated heterocycles. The second-order valence-corrected chi connectivity index (χ2v) is 7.24. The van der Waals surface area contributed by atoms with Gasteiger partial charge in [-0.15, -0.1) is 11.8 Å². The van der Waals surface area contributed by atoms with Gasteiger partial charge in [0.1, 0.15) is 4.75 Å². The van der Waals surface area contributed by atoms with E-state index in [1.165, 1.54) is 16.0 Å². The minimum absolute atomic E-state index is 0.122. The van der Waals surface area contributed by atoms with Gasteiger partial charge in [0.25, 0.3) is 0 Å². The molecule has 1 aromatic rings. The van der Waals surface area contributed by atoms with Crippen molar-refractivity contribution in [3.8, 4) is 6.07 Å². The molecule has 1 nitrogen and oxygen atoms in total. The number of hydrogen-bond acceptors (Lipinski definition) is 2. The number of nitrogens with zero attached hydrogens (tertiary/aromatic N) is 1. The second kappa shape index (κ2) is 4.97. The maximum atomic E-state index is 9.22. The van der Waals surface area contributed by atoms with E-state index in [0.717, 1.165) is 12.8 Å². The fourth-order valence-corrected chi connectivity index (χ4v) is 3.35. The van der Waals surface area contributed by atoms with E-state index in [2.05, 4.69) is 52.0 Å². The lowest BCUT2D eigenvalue weighted by atomic mass is 9.96. The number of thioether (sulfide) groups is 1. The third kappa shape index (κ3) is 2.72. The summed E-state index contributed by atoms with van der Waals surface area (Å²) in [7, 11) is 0. The number of nitriles is 1. The maximum absolute atomic E-state index is 9.22. The minimum Gasteiger partial charge on any atom is -0.197 e. The van der Waals surface area contributed by atoms with E-state index in [9.17, 15) is 5.26 Å². The van der Waals surface area contributed by atoms with E-state index in [0.29, 0.717) is 11.8 Å². The summed E-state index contributed by atoms with van der Waals surface area (Å²) >= 11 is 1.77. The Bertz CT molecular complexity index is 478. The first kappa shape index (κ1) is 13.5. The molecule has 1 fully saturated rings. The Hall–Kier alpha value is -0.940. The number of hydrogen-bond donors (Lipinski definition) is 0. The SMILES string of the molecule is CC(C)c1ccc(SC2(C#N)CC2)c(C(C)C)c1. The highest BCUT2D eigenvalue weighted by atomic mass is 32.2. The Morgan fingerprint density at radius 3 is 2.28 bits per heavy atom. The van der Waals surface area contributed by atoms with Crippen molar-refractivity contribution >= 4 is 11.8 Å². The van der Waals surface area contributed by atoms with Crippen molar-refractivity contribution in [2.24, 2.45) is 0 Å². The van der Waals surface area contributed by atoms with E-state index in [4.69, 9.17) is 0 Å². The zero-order valence-corrected chi connectivity index (χ0v) is 12.5. The molecule has 96 valence electrons. The Labute approximate surface area is 115 Å². The Morgan fingerprint density at radius 2 is 1.83 bits per heavy atom. The van der Waals surface area contributed by atoms with E-state index in [1.54, 1.807) is 11.8 Å². The fraction of sp³-hybridized carbons (Fsp3) is 0.562. The molecule has 0 bridgehead atoms. The van der Waals surface area contributed by atoms with Crippen LogP contribution in [-0.4, -0.2) is 4.75 Å². The van der Waals surface area contributed by atoms with Crippen molar-refractivity contribution in [2.45, 2.75) is 62.0 Å². The fourth-order valence-electron chi connectivity index (χ4n) is 2.03. The van der Waals surface area contributed by atoms with Crippen LogP contribution in [0, 0.1) is 11.3 Å². The quantitative estimate of drug-likeness (QED) is 0.752. The Kier molecular flexibility index (Phi) is 3.73. The molecule has 0 atom stereocenters. The molecule has 0 aliphatic heterocycles. The molecule has 2 heteroatoms. The number of benzene rings is 1. The molecular weight excluding hydrogens is 238 g/mol. The summed E-state index contributed by atoms with van der Waals surface area (Å²) < 4.78 is -0.122. The summed E-state index contributed by atoms with van der Waals surface area (Å²) in [6.07, 6.45) is 2.08.